The number of thiazole rings is 1. The van der Waals surface area contributed by atoms with Gasteiger partial charge >= 0.3 is 16.9 Å². The number of rotatable bonds is 9. The molecule has 0 spiro atoms. The number of carbonyl (C=O) groups is 4. The summed E-state index contributed by atoms with van der Waals surface area (Å²) >= 11 is 1.24. The van der Waals surface area contributed by atoms with Gasteiger partial charge in [0.2, 0.25) is 11.8 Å². The topological polar surface area (TPSA) is 172 Å². The minimum absolute atomic E-state index is 0.0150. The summed E-state index contributed by atoms with van der Waals surface area (Å²) in [6, 6.07) is 7.09. The van der Waals surface area contributed by atoms with Crippen molar-refractivity contribution >= 4 is 45.4 Å². The second-order valence-corrected chi connectivity index (χ2v) is 12.3. The molecule has 1 aliphatic carbocycles. The Morgan fingerprint density at radius 2 is 1.93 bits per heavy atom. The highest BCUT2D eigenvalue weighted by Gasteiger charge is 2.40. The number of allylic oxidation sites excluding steroid dienone is 2. The highest BCUT2D eigenvalue weighted by atomic mass is 32.1. The van der Waals surface area contributed by atoms with Crippen LogP contribution in [-0.2, 0) is 19.1 Å². The number of aromatic nitrogens is 1. The molecule has 1 saturated carbocycles. The van der Waals surface area contributed by atoms with Crippen LogP contribution in [0.15, 0.2) is 41.2 Å². The van der Waals surface area contributed by atoms with Crippen LogP contribution >= 0.6 is 11.3 Å². The van der Waals surface area contributed by atoms with Gasteiger partial charge in [-0.05, 0) is 70.9 Å². The van der Waals surface area contributed by atoms with Crippen LogP contribution in [0.25, 0.3) is 10.2 Å². The van der Waals surface area contributed by atoms with E-state index in [1.165, 1.54) is 35.5 Å². The monoisotopic (exact) mass is 604 g/mol. The number of alkyl carbamates (subject to hydrolysis) is 1. The number of hydrogen-bond acceptors (Lipinski definition) is 7. The fourth-order valence-electron chi connectivity index (χ4n) is 4.31. The van der Waals surface area contributed by atoms with Crippen LogP contribution in [0.5, 0.6) is 0 Å². The zero-order valence-electron chi connectivity index (χ0n) is 24.9. The Hall–Kier alpha value is -3.67. The molecule has 1 aliphatic heterocycles. The predicted molar refractivity (Wildman–Crippen MR) is 163 cm³/mol. The van der Waals surface area contributed by atoms with Crippen molar-refractivity contribution in [3.63, 3.8) is 0 Å². The van der Waals surface area contributed by atoms with Gasteiger partial charge < -0.3 is 30.8 Å². The molecule has 0 radical (unpaired) electrons. The molecule has 11 nitrogen and oxygen atoms in total. The molecule has 2 unspecified atom stereocenters. The number of benzene rings is 1. The summed E-state index contributed by atoms with van der Waals surface area (Å²) in [7, 11) is 0. The number of primary amides is 1. The number of aliphatic carboxylic acids is 1. The van der Waals surface area contributed by atoms with Crippen LogP contribution in [-0.4, -0.2) is 63.6 Å². The van der Waals surface area contributed by atoms with E-state index in [-0.39, 0.29) is 23.2 Å². The number of nitrogens with two attached hydrogens (primary N) is 1. The first-order chi connectivity index (χ1) is 19.8. The second kappa shape index (κ2) is 16.7. The Bertz CT molecular complexity index is 1240. The number of ether oxygens (including phenoxy) is 1. The lowest BCUT2D eigenvalue weighted by Crippen LogP contribution is -2.48. The molecule has 2 heterocycles. The summed E-state index contributed by atoms with van der Waals surface area (Å²) in [6.07, 6.45) is 10.6. The molecule has 12 heteroatoms. The highest BCUT2D eigenvalue weighted by Crippen LogP contribution is 2.39. The van der Waals surface area contributed by atoms with E-state index in [9.17, 15) is 24.0 Å². The molecule has 2 fully saturated rings. The van der Waals surface area contributed by atoms with Crippen molar-refractivity contribution in [1.29, 1.82) is 0 Å². The van der Waals surface area contributed by atoms with Gasteiger partial charge in [-0.2, -0.15) is 0 Å². The van der Waals surface area contributed by atoms with E-state index >= 15 is 0 Å². The number of nitrogens with one attached hydrogen (secondary N) is 2. The summed E-state index contributed by atoms with van der Waals surface area (Å²) in [5.41, 5.74) is 5.53. The molecule has 4 rings (SSSR count). The number of aromatic amines is 1. The minimum Gasteiger partial charge on any atom is -0.481 e. The number of carbonyl (C=O) groups excluding carboxylic acids is 3. The summed E-state index contributed by atoms with van der Waals surface area (Å²) in [6.45, 7) is 7.68. The van der Waals surface area contributed by atoms with Crippen molar-refractivity contribution in [2.75, 3.05) is 13.1 Å². The molecule has 0 bridgehead atoms. The van der Waals surface area contributed by atoms with Crippen LogP contribution < -0.4 is 15.9 Å². The first-order valence-electron chi connectivity index (χ1n) is 14.3. The molecule has 3 amide bonds. The average molecular weight is 605 g/mol. The number of likely N-dealkylation sites (tertiary alicyclic amines) is 1. The van der Waals surface area contributed by atoms with Crippen molar-refractivity contribution < 1.29 is 29.0 Å². The van der Waals surface area contributed by atoms with E-state index in [1.807, 2.05) is 24.3 Å². The third kappa shape index (κ3) is 12.5. The molecular weight excluding hydrogens is 560 g/mol. The van der Waals surface area contributed by atoms with E-state index in [2.05, 4.69) is 29.4 Å². The SMILES string of the molecule is CC(C)(C)OC(=O)NCC(=O)N1CCCC1C(N)=O.CCCCC/C=C\C1C[C@@H]1C(=O)O.O=c1[nH]c2ccccc2s1. The first-order valence-corrected chi connectivity index (χ1v) is 15.2. The number of H-pyrrole nitrogens is 1. The van der Waals surface area contributed by atoms with Crippen LogP contribution in [0.2, 0.25) is 0 Å². The number of para-hydroxylation sites is 1. The average Bonchev–Trinajstić information content (AvgIpc) is 3.33. The molecular formula is C30H44N4O7S. The standard InChI is InChI=1S/C12H21N3O4.C11H18O2.C7H5NOS/c1-12(2,3)19-11(18)14-7-9(16)15-6-4-5-8(15)10(13)17;1-2-3-4-5-6-7-9-8-10(9)11(12)13;9-7-8-5-3-1-2-4-6(5)10-7/h8H,4-7H2,1-3H3,(H2,13,17)(H,14,18);6-7,9-10H,2-5,8H2,1H3,(H,12,13);1-4H,(H,8,9)/b;7-6-;/t;9?,10-;/m.0./s1. The van der Waals surface area contributed by atoms with E-state index in [0.29, 0.717) is 18.9 Å². The maximum atomic E-state index is 11.9. The van der Waals surface area contributed by atoms with E-state index in [0.717, 1.165) is 29.5 Å². The molecule has 1 aromatic heterocycles. The first kappa shape index (κ1) is 34.5. The maximum Gasteiger partial charge on any atom is 0.408 e. The van der Waals surface area contributed by atoms with Crippen LogP contribution in [0.4, 0.5) is 4.79 Å². The maximum absolute atomic E-state index is 11.9. The van der Waals surface area contributed by atoms with Gasteiger partial charge in [0.1, 0.15) is 18.2 Å². The number of unbranched alkanes of at least 4 members (excludes halogenated alkanes) is 3. The van der Waals surface area contributed by atoms with Crippen LogP contribution in [0, 0.1) is 11.8 Å². The zero-order valence-corrected chi connectivity index (χ0v) is 25.7. The quantitative estimate of drug-likeness (QED) is 0.242. The van der Waals surface area contributed by atoms with Gasteiger partial charge in [0.15, 0.2) is 0 Å². The van der Waals surface area contributed by atoms with Crippen molar-refractivity contribution in [3.05, 3.63) is 46.1 Å². The molecule has 3 atom stereocenters. The fourth-order valence-corrected chi connectivity index (χ4v) is 5.05. The Morgan fingerprint density at radius 1 is 1.21 bits per heavy atom. The van der Waals surface area contributed by atoms with Gasteiger partial charge in [0, 0.05) is 6.54 Å². The van der Waals surface area contributed by atoms with Gasteiger partial charge in [-0.25, -0.2) is 4.79 Å². The van der Waals surface area contributed by atoms with Crippen molar-refractivity contribution in [3.8, 4) is 0 Å². The van der Waals surface area contributed by atoms with Gasteiger partial charge in [0.25, 0.3) is 0 Å². The Kier molecular flexibility index (Phi) is 13.7. The van der Waals surface area contributed by atoms with E-state index in [1.54, 1.807) is 20.8 Å². The third-order valence-electron chi connectivity index (χ3n) is 6.53. The van der Waals surface area contributed by atoms with Crippen LogP contribution in [0.3, 0.4) is 0 Å². The van der Waals surface area contributed by atoms with Crippen LogP contribution in [0.1, 0.15) is 72.6 Å². The molecule has 2 aromatic rings. The van der Waals surface area contributed by atoms with Crippen molar-refractivity contribution in [2.24, 2.45) is 17.6 Å². The predicted octanol–water partition coefficient (Wildman–Crippen LogP) is 4.42. The summed E-state index contributed by atoms with van der Waals surface area (Å²) < 4.78 is 6.03. The molecule has 1 aromatic carbocycles. The number of carboxylic acids is 1. The normalized spacial score (nSPS) is 19.3. The van der Waals surface area contributed by atoms with Gasteiger partial charge in [-0.3, -0.25) is 19.2 Å². The Balaban J connectivity index is 0.000000232. The second-order valence-electron chi connectivity index (χ2n) is 11.3. The van der Waals surface area contributed by atoms with E-state index in [4.69, 9.17) is 15.6 Å². The lowest BCUT2D eigenvalue weighted by Gasteiger charge is -2.23. The molecule has 232 valence electrons. The number of fused-ring (bicyclic) bond motifs is 1. The fraction of sp³-hybridized carbons (Fsp3) is 0.567. The zero-order chi connectivity index (χ0) is 31.3. The van der Waals surface area contributed by atoms with Crippen molar-refractivity contribution in [2.45, 2.75) is 84.3 Å². The summed E-state index contributed by atoms with van der Waals surface area (Å²) in [4.78, 5) is 59.8. The van der Waals surface area contributed by atoms with Gasteiger partial charge in [-0.15, -0.1) is 0 Å². The number of carboxylic acid groups (broad SMARTS) is 1. The summed E-state index contributed by atoms with van der Waals surface area (Å²) in [5, 5.41) is 11.0. The Labute approximate surface area is 250 Å². The molecule has 2 aliphatic rings. The highest BCUT2D eigenvalue weighted by molar-refractivity contribution is 7.16. The smallest absolute Gasteiger partial charge is 0.408 e. The van der Waals surface area contributed by atoms with Gasteiger partial charge in [-0.1, -0.05) is 55.4 Å². The molecule has 1 saturated heterocycles. The molecule has 42 heavy (non-hydrogen) atoms. The minimum atomic E-state index is -0.657. The summed E-state index contributed by atoms with van der Waals surface area (Å²) in [5.74, 6) is -1.22. The largest absolute Gasteiger partial charge is 0.481 e. The lowest BCUT2D eigenvalue weighted by molar-refractivity contribution is -0.138. The number of nitrogens with zero attached hydrogens (tertiary/aromatic N) is 1. The number of hydrogen-bond donors (Lipinski definition) is 4. The third-order valence-corrected chi connectivity index (χ3v) is 7.39. The van der Waals surface area contributed by atoms with E-state index < -0.39 is 29.6 Å². The van der Waals surface area contributed by atoms with Gasteiger partial charge in [0.05, 0.1) is 16.1 Å². The van der Waals surface area contributed by atoms with Crippen molar-refractivity contribution in [1.82, 2.24) is 15.2 Å². The number of amides is 3. The Morgan fingerprint density at radius 3 is 2.52 bits per heavy atom. The lowest BCUT2D eigenvalue weighted by atomic mass is 10.2. The molecule has 5 N–H and O–H groups in total.